The Hall–Kier alpha value is -0.630. The van der Waals surface area contributed by atoms with E-state index in [9.17, 15) is 13.2 Å². The van der Waals surface area contributed by atoms with E-state index in [0.29, 0.717) is 11.3 Å². The maximum absolute atomic E-state index is 12.1. The van der Waals surface area contributed by atoms with Gasteiger partial charge in [0, 0.05) is 6.54 Å². The van der Waals surface area contributed by atoms with Gasteiger partial charge in [0.2, 0.25) is 15.8 Å². The van der Waals surface area contributed by atoms with Crippen molar-refractivity contribution < 1.29 is 13.2 Å². The third-order valence-electron chi connectivity index (χ3n) is 2.89. The highest BCUT2D eigenvalue weighted by Gasteiger charge is 2.32. The fourth-order valence-electron chi connectivity index (χ4n) is 1.78. The Morgan fingerprint density at radius 3 is 2.43 bits per heavy atom. The highest BCUT2D eigenvalue weighted by Crippen LogP contribution is 2.32. The number of sulfonamides is 1. The molecule has 0 spiro atoms. The number of alkyl halides is 3. The van der Waals surface area contributed by atoms with Crippen LogP contribution in [0, 0.1) is 0 Å². The smallest absolute Gasteiger partial charge is 0.254 e. The van der Waals surface area contributed by atoms with Crippen molar-refractivity contribution in [2.24, 2.45) is 0 Å². The average molecular weight is 413 g/mol. The maximum atomic E-state index is 12.1. The monoisotopic (exact) mass is 411 g/mol. The quantitative estimate of drug-likeness (QED) is 0.579. The molecule has 1 heterocycles. The Balaban J connectivity index is 1.95. The molecule has 4 nitrogen and oxygen atoms in total. The SMILES string of the molecule is O=C(c1cc(CCNS(=O)(=O)c2ccccc2)cs1)C(Cl)(Cl)Cl. The summed E-state index contributed by atoms with van der Waals surface area (Å²) in [5.74, 6) is -0.594. The summed E-state index contributed by atoms with van der Waals surface area (Å²) in [5.41, 5.74) is 0.795. The summed E-state index contributed by atoms with van der Waals surface area (Å²) >= 11 is 17.8. The molecule has 1 aromatic carbocycles. The van der Waals surface area contributed by atoms with Crippen molar-refractivity contribution >= 4 is 61.9 Å². The zero-order valence-corrected chi connectivity index (χ0v) is 15.5. The Morgan fingerprint density at radius 2 is 1.83 bits per heavy atom. The first kappa shape index (κ1) is 18.7. The van der Waals surface area contributed by atoms with Crippen LogP contribution in [0.3, 0.4) is 0 Å². The van der Waals surface area contributed by atoms with Gasteiger partial charge in [-0.3, -0.25) is 4.79 Å². The minimum atomic E-state index is -3.54. The average Bonchev–Trinajstić information content (AvgIpc) is 2.95. The van der Waals surface area contributed by atoms with Crippen LogP contribution in [0.25, 0.3) is 0 Å². The molecular formula is C14H12Cl3NO3S2. The van der Waals surface area contributed by atoms with Crippen LogP contribution < -0.4 is 4.72 Å². The number of halogens is 3. The molecule has 0 aliphatic carbocycles. The second-order valence-corrected chi connectivity index (χ2v) is 9.57. The number of benzene rings is 1. The number of rotatable bonds is 6. The van der Waals surface area contributed by atoms with Gasteiger partial charge in [0.15, 0.2) is 0 Å². The standard InChI is InChI=1S/C14H12Cl3NO3S2/c15-14(16,17)13(19)12-8-10(9-22-12)6-7-18-23(20,21)11-4-2-1-3-5-11/h1-5,8-9,18H,6-7H2. The van der Waals surface area contributed by atoms with Gasteiger partial charge in [-0.15, -0.1) is 11.3 Å². The molecule has 0 aliphatic heterocycles. The molecule has 0 aliphatic rings. The minimum Gasteiger partial charge on any atom is -0.288 e. The first-order valence-electron chi connectivity index (χ1n) is 6.44. The minimum absolute atomic E-state index is 0.204. The van der Waals surface area contributed by atoms with Crippen LogP contribution in [0.4, 0.5) is 0 Å². The third-order valence-corrected chi connectivity index (χ3v) is 5.86. The van der Waals surface area contributed by atoms with E-state index < -0.39 is 19.6 Å². The molecule has 1 aromatic heterocycles. The lowest BCUT2D eigenvalue weighted by atomic mass is 10.2. The summed E-state index contributed by atoms with van der Waals surface area (Å²) in [6, 6.07) is 9.69. The largest absolute Gasteiger partial charge is 0.288 e. The van der Waals surface area contributed by atoms with Crippen molar-refractivity contribution in [1.82, 2.24) is 4.72 Å². The molecule has 0 saturated carbocycles. The Bertz CT molecular complexity index is 783. The lowest BCUT2D eigenvalue weighted by Gasteiger charge is -2.06. The van der Waals surface area contributed by atoms with E-state index in [0.717, 1.165) is 16.9 Å². The number of carbonyl (C=O) groups excluding carboxylic acids is 1. The zero-order chi connectivity index (χ0) is 17.1. The second kappa shape index (κ2) is 7.51. The number of nitrogens with one attached hydrogen (secondary N) is 1. The summed E-state index contributed by atoms with van der Waals surface area (Å²) < 4.78 is 24.6. The highest BCUT2D eigenvalue weighted by molar-refractivity contribution is 7.89. The molecule has 0 saturated heterocycles. The highest BCUT2D eigenvalue weighted by atomic mass is 35.6. The van der Waals surface area contributed by atoms with Gasteiger partial charge in [-0.05, 0) is 35.6 Å². The van der Waals surface area contributed by atoms with Gasteiger partial charge in [-0.25, -0.2) is 13.1 Å². The predicted octanol–water partition coefficient (Wildman–Crippen LogP) is 3.82. The van der Waals surface area contributed by atoms with E-state index >= 15 is 0 Å². The fraction of sp³-hybridized carbons (Fsp3) is 0.214. The molecule has 0 radical (unpaired) electrons. The van der Waals surface area contributed by atoms with E-state index in [1.54, 1.807) is 29.6 Å². The van der Waals surface area contributed by atoms with Crippen LogP contribution in [0.2, 0.25) is 0 Å². The van der Waals surface area contributed by atoms with Gasteiger partial charge in [-0.2, -0.15) is 0 Å². The molecule has 0 atom stereocenters. The number of hydrogen-bond acceptors (Lipinski definition) is 4. The van der Waals surface area contributed by atoms with Gasteiger partial charge in [0.1, 0.15) is 0 Å². The van der Waals surface area contributed by atoms with Crippen molar-refractivity contribution in [2.75, 3.05) is 6.54 Å². The molecule has 124 valence electrons. The normalized spacial score (nSPS) is 12.3. The summed E-state index contributed by atoms with van der Waals surface area (Å²) in [6.07, 6.45) is 0.426. The molecule has 1 N–H and O–H groups in total. The van der Waals surface area contributed by atoms with Gasteiger partial charge in [0.25, 0.3) is 3.79 Å². The Labute approximate surface area is 153 Å². The number of carbonyl (C=O) groups is 1. The van der Waals surface area contributed by atoms with Gasteiger partial charge >= 0.3 is 0 Å². The molecule has 0 amide bonds. The topological polar surface area (TPSA) is 63.2 Å². The Morgan fingerprint density at radius 1 is 1.17 bits per heavy atom. The Kier molecular flexibility index (Phi) is 6.10. The van der Waals surface area contributed by atoms with Crippen LogP contribution in [-0.4, -0.2) is 24.5 Å². The molecule has 2 rings (SSSR count). The first-order chi connectivity index (χ1) is 10.7. The van der Waals surface area contributed by atoms with Crippen LogP contribution in [0.15, 0.2) is 46.7 Å². The van der Waals surface area contributed by atoms with Gasteiger partial charge in [-0.1, -0.05) is 53.0 Å². The van der Waals surface area contributed by atoms with Gasteiger partial charge in [0.05, 0.1) is 9.77 Å². The number of ketones is 1. The summed E-state index contributed by atoms with van der Waals surface area (Å²) in [4.78, 5) is 12.3. The van der Waals surface area contributed by atoms with Crippen molar-refractivity contribution in [3.63, 3.8) is 0 Å². The zero-order valence-electron chi connectivity index (χ0n) is 11.6. The van der Waals surface area contributed by atoms with Crippen molar-refractivity contribution in [2.45, 2.75) is 15.1 Å². The first-order valence-corrected chi connectivity index (χ1v) is 9.93. The molecule has 23 heavy (non-hydrogen) atoms. The number of hydrogen-bond donors (Lipinski definition) is 1. The van der Waals surface area contributed by atoms with Crippen LogP contribution >= 0.6 is 46.1 Å². The van der Waals surface area contributed by atoms with Crippen molar-refractivity contribution in [3.8, 4) is 0 Å². The second-order valence-electron chi connectivity index (χ2n) is 4.61. The lowest BCUT2D eigenvalue weighted by Crippen LogP contribution is -2.25. The van der Waals surface area contributed by atoms with E-state index in [1.165, 1.54) is 12.1 Å². The number of Topliss-reactive ketones (excluding diaryl/α,β-unsaturated/α-hetero) is 1. The molecule has 0 unspecified atom stereocenters. The molecule has 2 aromatic rings. The summed E-state index contributed by atoms with van der Waals surface area (Å²) in [7, 11) is -3.54. The van der Waals surface area contributed by atoms with Gasteiger partial charge < -0.3 is 0 Å². The van der Waals surface area contributed by atoms with Crippen LogP contribution in [-0.2, 0) is 16.4 Å². The third kappa shape index (κ3) is 5.17. The van der Waals surface area contributed by atoms with E-state index in [2.05, 4.69) is 4.72 Å². The van der Waals surface area contributed by atoms with E-state index in [-0.39, 0.29) is 11.4 Å². The predicted molar refractivity (Wildman–Crippen MR) is 94.3 cm³/mol. The number of thiophene rings is 1. The fourth-order valence-corrected chi connectivity index (χ4v) is 4.25. The maximum Gasteiger partial charge on any atom is 0.254 e. The summed E-state index contributed by atoms with van der Waals surface area (Å²) in [6.45, 7) is 0.204. The molecule has 0 bridgehead atoms. The molecular weight excluding hydrogens is 401 g/mol. The van der Waals surface area contributed by atoms with Crippen molar-refractivity contribution in [1.29, 1.82) is 0 Å². The molecule has 0 fully saturated rings. The van der Waals surface area contributed by atoms with E-state index in [1.807, 2.05) is 0 Å². The molecule has 9 heteroatoms. The van der Waals surface area contributed by atoms with Crippen LogP contribution in [0.1, 0.15) is 15.2 Å². The van der Waals surface area contributed by atoms with Crippen molar-refractivity contribution in [3.05, 3.63) is 52.2 Å². The summed E-state index contributed by atoms with van der Waals surface area (Å²) in [5, 5.41) is 1.74. The van der Waals surface area contributed by atoms with E-state index in [4.69, 9.17) is 34.8 Å². The lowest BCUT2D eigenvalue weighted by molar-refractivity contribution is 0.1000. The van der Waals surface area contributed by atoms with Crippen LogP contribution in [0.5, 0.6) is 0 Å².